The number of hydrogen-bond donors (Lipinski definition) is 1. The van der Waals surface area contributed by atoms with Crippen molar-refractivity contribution in [2.45, 2.75) is 58.9 Å². The highest BCUT2D eigenvalue weighted by atomic mass is 35.5. The minimum Gasteiger partial charge on any atom is -0.351 e. The van der Waals surface area contributed by atoms with Crippen LogP contribution in [0.4, 0.5) is 0 Å². The van der Waals surface area contributed by atoms with E-state index in [4.69, 9.17) is 21.1 Å². The average Bonchev–Trinajstić information content (AvgIpc) is 2.72. The number of amides is 2. The summed E-state index contributed by atoms with van der Waals surface area (Å²) < 4.78 is 35.6. The molecule has 0 saturated heterocycles. The van der Waals surface area contributed by atoms with E-state index >= 15 is 0 Å². The summed E-state index contributed by atoms with van der Waals surface area (Å²) in [5.41, 5.74) is 0.813. The van der Waals surface area contributed by atoms with E-state index in [2.05, 4.69) is 9.68 Å². The zero-order chi connectivity index (χ0) is 24.1. The second kappa shape index (κ2) is 14.9. The van der Waals surface area contributed by atoms with E-state index < -0.39 is 28.7 Å². The molecule has 9 nitrogen and oxygen atoms in total. The monoisotopic (exact) mass is 489 g/mol. The van der Waals surface area contributed by atoms with Gasteiger partial charge in [0.15, 0.2) is 6.29 Å². The van der Waals surface area contributed by atoms with Crippen molar-refractivity contribution in [3.63, 3.8) is 0 Å². The molecule has 0 saturated carbocycles. The van der Waals surface area contributed by atoms with Gasteiger partial charge < -0.3 is 19.7 Å². The van der Waals surface area contributed by atoms with Crippen LogP contribution in [-0.4, -0.2) is 69.8 Å². The Labute approximate surface area is 196 Å². The molecule has 180 valence electrons. The van der Waals surface area contributed by atoms with Crippen LogP contribution in [0, 0.1) is 0 Å². The summed E-state index contributed by atoms with van der Waals surface area (Å²) in [6.07, 6.45) is -0.501. The molecule has 0 fully saturated rings. The molecule has 1 rings (SSSR count). The number of hydrogen-bond acceptors (Lipinski definition) is 7. The van der Waals surface area contributed by atoms with Gasteiger partial charge in [-0.25, -0.2) is 0 Å². The number of ether oxygens (including phenoxy) is 2. The molecular formula is C21H32ClN3O6S. The highest BCUT2D eigenvalue weighted by Crippen LogP contribution is 2.14. The Morgan fingerprint density at radius 1 is 1.12 bits per heavy atom. The van der Waals surface area contributed by atoms with Gasteiger partial charge in [-0.15, -0.1) is 0 Å². The lowest BCUT2D eigenvalue weighted by atomic mass is 10.0. The molecule has 1 aromatic rings. The van der Waals surface area contributed by atoms with Gasteiger partial charge in [0.1, 0.15) is 6.04 Å². The summed E-state index contributed by atoms with van der Waals surface area (Å²) in [6, 6.07) is 5.95. The average molecular weight is 490 g/mol. The summed E-state index contributed by atoms with van der Waals surface area (Å²) in [5.74, 6) is -0.765. The first-order valence-corrected chi connectivity index (χ1v) is 11.9. The van der Waals surface area contributed by atoms with Crippen molar-refractivity contribution < 1.29 is 27.5 Å². The van der Waals surface area contributed by atoms with Crippen LogP contribution in [0.2, 0.25) is 5.02 Å². The van der Waals surface area contributed by atoms with Gasteiger partial charge in [-0.2, -0.15) is 12.8 Å². The van der Waals surface area contributed by atoms with Crippen molar-refractivity contribution in [1.82, 2.24) is 10.2 Å². The third-order valence-corrected chi connectivity index (χ3v) is 5.12. The summed E-state index contributed by atoms with van der Waals surface area (Å²) in [4.78, 5) is 27.5. The van der Waals surface area contributed by atoms with E-state index in [0.29, 0.717) is 18.2 Å². The Morgan fingerprint density at radius 3 is 2.22 bits per heavy atom. The fourth-order valence-corrected chi connectivity index (χ4v) is 3.35. The van der Waals surface area contributed by atoms with Crippen molar-refractivity contribution in [1.29, 1.82) is 0 Å². The number of rotatable bonds is 14. The maximum absolute atomic E-state index is 13.5. The standard InChI is InChI=1S/C21H32ClN3O6S/c1-5-30-20(31-6-2)14-25(15(3)4)21(27)18(13-16-7-9-17(22)10-8-16)24-19(26)11-12-23-32(28)29/h7-10,15,18,20H,5-6,11-14H2,1-4H3,(H,24,26). The number of benzene rings is 1. The van der Waals surface area contributed by atoms with Gasteiger partial charge in [-0.1, -0.05) is 23.7 Å². The van der Waals surface area contributed by atoms with Gasteiger partial charge in [0, 0.05) is 37.1 Å². The van der Waals surface area contributed by atoms with Crippen LogP contribution in [0.25, 0.3) is 0 Å². The number of carbonyl (C=O) groups is 2. The largest absolute Gasteiger partial charge is 0.351 e. The van der Waals surface area contributed by atoms with E-state index in [-0.39, 0.29) is 37.9 Å². The molecule has 2 amide bonds. The third-order valence-electron chi connectivity index (χ3n) is 4.48. The lowest BCUT2D eigenvalue weighted by Crippen LogP contribution is -2.54. The van der Waals surface area contributed by atoms with Crippen molar-refractivity contribution in [2.75, 3.05) is 26.3 Å². The van der Waals surface area contributed by atoms with Gasteiger partial charge in [-0.05, 0) is 45.4 Å². The number of nitrogens with one attached hydrogen (secondary N) is 1. The normalized spacial score (nSPS) is 12.0. The Balaban J connectivity index is 3.08. The quantitative estimate of drug-likeness (QED) is 0.401. The molecule has 1 unspecified atom stereocenters. The predicted octanol–water partition coefficient (Wildman–Crippen LogP) is 2.46. The molecule has 1 aromatic carbocycles. The zero-order valence-electron chi connectivity index (χ0n) is 18.9. The van der Waals surface area contributed by atoms with Gasteiger partial charge in [0.05, 0.1) is 13.1 Å². The van der Waals surface area contributed by atoms with Crippen LogP contribution in [0.3, 0.4) is 0 Å². The first-order valence-electron chi connectivity index (χ1n) is 10.5. The molecule has 0 spiro atoms. The summed E-state index contributed by atoms with van der Waals surface area (Å²) in [7, 11) is -2.58. The van der Waals surface area contributed by atoms with Crippen molar-refractivity contribution in [2.24, 2.45) is 4.36 Å². The molecule has 1 N–H and O–H groups in total. The third kappa shape index (κ3) is 10.5. The molecule has 0 radical (unpaired) electrons. The highest BCUT2D eigenvalue weighted by Gasteiger charge is 2.30. The Bertz CT molecular complexity index is 847. The van der Waals surface area contributed by atoms with Crippen molar-refractivity contribution in [3.05, 3.63) is 34.9 Å². The molecule has 0 aliphatic carbocycles. The van der Waals surface area contributed by atoms with E-state index in [0.717, 1.165) is 5.56 Å². The molecule has 0 heterocycles. The van der Waals surface area contributed by atoms with E-state index in [1.165, 1.54) is 0 Å². The van der Waals surface area contributed by atoms with Crippen LogP contribution in [0.1, 0.15) is 39.7 Å². The lowest BCUT2D eigenvalue weighted by Gasteiger charge is -2.33. The van der Waals surface area contributed by atoms with E-state index in [1.54, 1.807) is 29.2 Å². The molecule has 0 aliphatic heterocycles. The van der Waals surface area contributed by atoms with Crippen molar-refractivity contribution in [3.8, 4) is 0 Å². The first-order chi connectivity index (χ1) is 15.2. The zero-order valence-corrected chi connectivity index (χ0v) is 20.5. The fourth-order valence-electron chi connectivity index (χ4n) is 2.99. The summed E-state index contributed by atoms with van der Waals surface area (Å²) in [6.45, 7) is 8.31. The molecule has 0 bridgehead atoms. The Kier molecular flexibility index (Phi) is 13.1. The number of carbonyl (C=O) groups excluding carboxylic acids is 2. The maximum Gasteiger partial charge on any atom is 0.311 e. The maximum atomic E-state index is 13.5. The first kappa shape index (κ1) is 28.0. The lowest BCUT2D eigenvalue weighted by molar-refractivity contribution is -0.163. The number of nitrogens with zero attached hydrogens (tertiary/aromatic N) is 2. The van der Waals surface area contributed by atoms with Crippen LogP contribution in [0.15, 0.2) is 28.6 Å². The second-order valence-electron chi connectivity index (χ2n) is 7.20. The minimum atomic E-state index is -2.58. The number of halogens is 1. The molecule has 32 heavy (non-hydrogen) atoms. The molecule has 11 heteroatoms. The van der Waals surface area contributed by atoms with Gasteiger partial charge >= 0.3 is 10.5 Å². The van der Waals surface area contributed by atoms with Gasteiger partial charge in [0.25, 0.3) is 0 Å². The van der Waals surface area contributed by atoms with Crippen LogP contribution in [0.5, 0.6) is 0 Å². The van der Waals surface area contributed by atoms with Gasteiger partial charge in [-0.3, -0.25) is 9.59 Å². The fraction of sp³-hybridized carbons (Fsp3) is 0.619. The molecule has 0 aliphatic rings. The predicted molar refractivity (Wildman–Crippen MR) is 122 cm³/mol. The van der Waals surface area contributed by atoms with E-state index in [1.807, 2.05) is 27.7 Å². The molecule has 0 aromatic heterocycles. The Morgan fingerprint density at radius 2 is 1.72 bits per heavy atom. The van der Waals surface area contributed by atoms with Crippen molar-refractivity contribution >= 4 is 33.9 Å². The smallest absolute Gasteiger partial charge is 0.311 e. The van der Waals surface area contributed by atoms with Crippen LogP contribution in [-0.2, 0) is 36.0 Å². The van der Waals surface area contributed by atoms with Crippen LogP contribution < -0.4 is 5.32 Å². The summed E-state index contributed by atoms with van der Waals surface area (Å²) >= 11 is 5.95. The highest BCUT2D eigenvalue weighted by molar-refractivity contribution is 7.61. The SMILES string of the molecule is CCOC(CN(C(=O)C(Cc1ccc(Cl)cc1)NC(=O)CCN=S(=O)=O)C(C)C)OCC. The molecule has 1 atom stereocenters. The summed E-state index contributed by atoms with van der Waals surface area (Å²) in [5, 5.41) is 3.28. The van der Waals surface area contributed by atoms with E-state index in [9.17, 15) is 18.0 Å². The van der Waals surface area contributed by atoms with Gasteiger partial charge in [0.2, 0.25) is 11.8 Å². The second-order valence-corrected chi connectivity index (χ2v) is 8.32. The van der Waals surface area contributed by atoms with Crippen LogP contribution >= 0.6 is 11.6 Å². The minimum absolute atomic E-state index is 0.152. The molecular weight excluding hydrogens is 458 g/mol. The topological polar surface area (TPSA) is 114 Å². The Hall–Kier alpha value is -2.01.